The zero-order valence-electron chi connectivity index (χ0n) is 10.4. The van der Waals surface area contributed by atoms with Crippen LogP contribution in [0.2, 0.25) is 0 Å². The minimum absolute atomic E-state index is 0.837. The smallest absolute Gasteiger partial charge is 0.0449 e. The standard InChI is InChI=1S/C16H12Br2S/c1-11-9-15(18)13(10-14(11)17)7-8-16(19)12-5-3-2-4-6-12/h2-10H,1H3. The molecular formula is C16H12Br2S. The van der Waals surface area contributed by atoms with E-state index in [1.54, 1.807) is 0 Å². The van der Waals surface area contributed by atoms with Gasteiger partial charge in [-0.1, -0.05) is 80.5 Å². The van der Waals surface area contributed by atoms with Gasteiger partial charge in [0.25, 0.3) is 0 Å². The van der Waals surface area contributed by atoms with E-state index in [-0.39, 0.29) is 0 Å². The van der Waals surface area contributed by atoms with Crippen LogP contribution < -0.4 is 0 Å². The Morgan fingerprint density at radius 3 is 2.42 bits per heavy atom. The summed E-state index contributed by atoms with van der Waals surface area (Å²) in [7, 11) is 0. The number of benzene rings is 2. The average Bonchev–Trinajstić information content (AvgIpc) is 2.42. The third-order valence-electron chi connectivity index (χ3n) is 2.75. The van der Waals surface area contributed by atoms with Gasteiger partial charge >= 0.3 is 0 Å². The fourth-order valence-electron chi connectivity index (χ4n) is 1.65. The largest absolute Gasteiger partial charge is 0.0795 e. The maximum atomic E-state index is 5.41. The Hall–Kier alpha value is -0.770. The highest BCUT2D eigenvalue weighted by molar-refractivity contribution is 9.11. The third kappa shape index (κ3) is 3.85. The van der Waals surface area contributed by atoms with Crippen molar-refractivity contribution >= 4 is 55.0 Å². The van der Waals surface area contributed by atoms with E-state index in [1.165, 1.54) is 5.56 Å². The molecule has 0 fully saturated rings. The fraction of sp³-hybridized carbons (Fsp3) is 0.0625. The normalized spacial score (nSPS) is 10.9. The van der Waals surface area contributed by atoms with Crippen LogP contribution in [0.5, 0.6) is 0 Å². The van der Waals surface area contributed by atoms with Crippen molar-refractivity contribution in [1.29, 1.82) is 0 Å². The Kier molecular flexibility index (Phi) is 5.08. The van der Waals surface area contributed by atoms with Crippen molar-refractivity contribution in [3.8, 4) is 0 Å². The Labute approximate surface area is 135 Å². The van der Waals surface area contributed by atoms with Crippen LogP contribution in [0.25, 0.3) is 6.08 Å². The van der Waals surface area contributed by atoms with Gasteiger partial charge in [0.05, 0.1) is 0 Å². The van der Waals surface area contributed by atoms with Crippen molar-refractivity contribution in [2.45, 2.75) is 6.92 Å². The van der Waals surface area contributed by atoms with E-state index in [4.69, 9.17) is 12.2 Å². The fourth-order valence-corrected chi connectivity index (χ4v) is 2.81. The molecule has 0 saturated heterocycles. The lowest BCUT2D eigenvalue weighted by molar-refractivity contribution is 1.40. The number of halogens is 2. The van der Waals surface area contributed by atoms with E-state index in [9.17, 15) is 0 Å². The summed E-state index contributed by atoms with van der Waals surface area (Å²) in [5.74, 6) is 0. The molecule has 0 heterocycles. The summed E-state index contributed by atoms with van der Waals surface area (Å²) >= 11 is 12.5. The highest BCUT2D eigenvalue weighted by Gasteiger charge is 2.02. The average molecular weight is 396 g/mol. The van der Waals surface area contributed by atoms with Crippen LogP contribution >= 0.6 is 44.1 Å². The van der Waals surface area contributed by atoms with Crippen LogP contribution in [0, 0.1) is 6.92 Å². The molecule has 0 N–H and O–H groups in total. The first-order valence-electron chi connectivity index (χ1n) is 5.81. The topological polar surface area (TPSA) is 0 Å². The van der Waals surface area contributed by atoms with Crippen LogP contribution in [0.4, 0.5) is 0 Å². The lowest BCUT2D eigenvalue weighted by Crippen LogP contribution is -1.91. The molecule has 0 aliphatic carbocycles. The van der Waals surface area contributed by atoms with Crippen molar-refractivity contribution in [3.63, 3.8) is 0 Å². The van der Waals surface area contributed by atoms with Gasteiger partial charge in [-0.25, -0.2) is 0 Å². The van der Waals surface area contributed by atoms with Crippen molar-refractivity contribution in [2.24, 2.45) is 0 Å². The van der Waals surface area contributed by atoms with Gasteiger partial charge in [0.15, 0.2) is 0 Å². The molecule has 0 unspecified atom stereocenters. The van der Waals surface area contributed by atoms with Crippen LogP contribution in [0.1, 0.15) is 16.7 Å². The molecule has 0 saturated carbocycles. The van der Waals surface area contributed by atoms with Gasteiger partial charge < -0.3 is 0 Å². The highest BCUT2D eigenvalue weighted by atomic mass is 79.9. The summed E-state index contributed by atoms with van der Waals surface area (Å²) in [5, 5.41) is 0. The maximum absolute atomic E-state index is 5.41. The summed E-state index contributed by atoms with van der Waals surface area (Å²) in [6.07, 6.45) is 4.00. The van der Waals surface area contributed by atoms with Crippen LogP contribution in [-0.2, 0) is 0 Å². The minimum atomic E-state index is 0.837. The molecule has 0 amide bonds. The quantitative estimate of drug-likeness (QED) is 0.351. The van der Waals surface area contributed by atoms with E-state index in [1.807, 2.05) is 42.5 Å². The molecule has 0 radical (unpaired) electrons. The zero-order chi connectivity index (χ0) is 13.8. The lowest BCUT2D eigenvalue weighted by Gasteiger charge is -2.04. The molecule has 0 aliphatic heterocycles. The molecule has 19 heavy (non-hydrogen) atoms. The molecule has 0 atom stereocenters. The first-order chi connectivity index (χ1) is 9.08. The van der Waals surface area contributed by atoms with Gasteiger partial charge in [-0.15, -0.1) is 0 Å². The Balaban J connectivity index is 2.24. The highest BCUT2D eigenvalue weighted by Crippen LogP contribution is 2.26. The van der Waals surface area contributed by atoms with E-state index in [0.717, 1.165) is 24.9 Å². The predicted molar refractivity (Wildman–Crippen MR) is 93.8 cm³/mol. The van der Waals surface area contributed by atoms with Gasteiger partial charge in [0, 0.05) is 13.8 Å². The second kappa shape index (κ2) is 6.60. The van der Waals surface area contributed by atoms with E-state index in [0.29, 0.717) is 0 Å². The van der Waals surface area contributed by atoms with Gasteiger partial charge in [0.2, 0.25) is 0 Å². The number of thiocarbonyl (C=S) groups is 1. The second-order valence-corrected chi connectivity index (χ2v) is 6.34. The molecule has 2 aromatic rings. The van der Waals surface area contributed by atoms with Crippen LogP contribution in [-0.4, -0.2) is 4.86 Å². The summed E-state index contributed by atoms with van der Waals surface area (Å²) < 4.78 is 2.17. The molecule has 0 spiro atoms. The summed E-state index contributed by atoms with van der Waals surface area (Å²) in [6.45, 7) is 2.07. The number of allylic oxidation sites excluding steroid dienone is 1. The third-order valence-corrected chi connectivity index (χ3v) is 4.66. The van der Waals surface area contributed by atoms with Crippen LogP contribution in [0.15, 0.2) is 57.5 Å². The zero-order valence-corrected chi connectivity index (χ0v) is 14.3. The predicted octanol–water partition coefficient (Wildman–Crippen LogP) is 5.95. The van der Waals surface area contributed by atoms with Crippen molar-refractivity contribution < 1.29 is 0 Å². The van der Waals surface area contributed by atoms with Gasteiger partial charge in [0.1, 0.15) is 0 Å². The summed E-state index contributed by atoms with van der Waals surface area (Å²) in [5.41, 5.74) is 3.38. The number of aryl methyl sites for hydroxylation is 1. The molecule has 2 rings (SSSR count). The lowest BCUT2D eigenvalue weighted by atomic mass is 10.1. The molecule has 0 aliphatic rings. The number of hydrogen-bond acceptors (Lipinski definition) is 1. The summed E-state index contributed by atoms with van der Waals surface area (Å²) in [4.78, 5) is 0.837. The van der Waals surface area contributed by atoms with Gasteiger partial charge in [-0.05, 0) is 41.8 Å². The Morgan fingerprint density at radius 2 is 1.74 bits per heavy atom. The monoisotopic (exact) mass is 394 g/mol. The molecule has 0 nitrogen and oxygen atoms in total. The maximum Gasteiger partial charge on any atom is 0.0449 e. The SMILES string of the molecule is Cc1cc(Br)c(C=CC(=S)c2ccccc2)cc1Br. The molecule has 0 bridgehead atoms. The number of hydrogen-bond donors (Lipinski definition) is 0. The van der Waals surface area contributed by atoms with E-state index < -0.39 is 0 Å². The van der Waals surface area contributed by atoms with Crippen molar-refractivity contribution in [3.05, 3.63) is 74.2 Å². The van der Waals surface area contributed by atoms with Gasteiger partial charge in [-0.3, -0.25) is 0 Å². The second-order valence-electron chi connectivity index (χ2n) is 4.19. The Bertz CT molecular complexity index is 631. The van der Waals surface area contributed by atoms with Crippen molar-refractivity contribution in [2.75, 3.05) is 0 Å². The molecule has 96 valence electrons. The first kappa shape index (κ1) is 14.6. The minimum Gasteiger partial charge on any atom is -0.0795 e. The van der Waals surface area contributed by atoms with Gasteiger partial charge in [-0.2, -0.15) is 0 Å². The number of rotatable bonds is 3. The molecule has 0 aromatic heterocycles. The first-order valence-corrected chi connectivity index (χ1v) is 7.80. The molecule has 2 aromatic carbocycles. The van der Waals surface area contributed by atoms with E-state index >= 15 is 0 Å². The molecular weight excluding hydrogens is 384 g/mol. The Morgan fingerprint density at radius 1 is 1.05 bits per heavy atom. The molecule has 3 heteroatoms. The van der Waals surface area contributed by atoms with E-state index in [2.05, 4.69) is 50.9 Å². The van der Waals surface area contributed by atoms with Crippen molar-refractivity contribution in [1.82, 2.24) is 0 Å². The van der Waals surface area contributed by atoms with Crippen LogP contribution in [0.3, 0.4) is 0 Å². The summed E-state index contributed by atoms with van der Waals surface area (Å²) in [6, 6.07) is 14.2.